The highest BCUT2D eigenvalue weighted by Gasteiger charge is 2.30. The summed E-state index contributed by atoms with van der Waals surface area (Å²) in [7, 11) is 0. The first-order valence-corrected chi connectivity index (χ1v) is 9.29. The van der Waals surface area contributed by atoms with Gasteiger partial charge in [0.2, 0.25) is 0 Å². The molecule has 0 bridgehead atoms. The van der Waals surface area contributed by atoms with Gasteiger partial charge >= 0.3 is 5.97 Å². The van der Waals surface area contributed by atoms with Gasteiger partial charge in [-0.1, -0.05) is 77.9 Å². The molecule has 3 N–H and O–H groups in total. The third kappa shape index (κ3) is 5.10. The summed E-state index contributed by atoms with van der Waals surface area (Å²) in [6.45, 7) is 12.7. The zero-order valence-electron chi connectivity index (χ0n) is 17.1. The van der Waals surface area contributed by atoms with Crippen LogP contribution in [0.3, 0.4) is 0 Å². The number of carboxylic acids is 1. The van der Waals surface area contributed by atoms with Gasteiger partial charge in [-0.2, -0.15) is 0 Å². The summed E-state index contributed by atoms with van der Waals surface area (Å²) in [5, 5.41) is 23.9. The van der Waals surface area contributed by atoms with Crippen molar-refractivity contribution in [2.75, 3.05) is 0 Å². The summed E-state index contributed by atoms with van der Waals surface area (Å²) in [4.78, 5) is 12.0. The number of nitrogens with one attached hydrogen (secondary N) is 1. The Hall–Kier alpha value is -2.33. The summed E-state index contributed by atoms with van der Waals surface area (Å²) in [6.07, 6.45) is 0. The molecule has 0 unspecified atom stereocenters. The standard InChI is InChI=1S/C23H31NO3/c1-22(2,3)16-12-17(20(25)18(13-16)23(4,5)6)19(21(26)27)24-14-15-10-8-7-9-11-15/h7-13,19,24-25H,14H2,1-6H3,(H,26,27)/t19-/m0/s1. The molecule has 0 radical (unpaired) electrons. The van der Waals surface area contributed by atoms with Gasteiger partial charge in [0.1, 0.15) is 11.8 Å². The summed E-state index contributed by atoms with van der Waals surface area (Å²) in [5.74, 6) is -0.949. The van der Waals surface area contributed by atoms with Crippen molar-refractivity contribution in [2.45, 2.75) is 65.0 Å². The van der Waals surface area contributed by atoms with E-state index in [2.05, 4.69) is 26.1 Å². The van der Waals surface area contributed by atoms with E-state index in [1.54, 1.807) is 0 Å². The van der Waals surface area contributed by atoms with E-state index in [1.807, 2.05) is 63.2 Å². The number of carboxylic acid groups (broad SMARTS) is 1. The lowest BCUT2D eigenvalue weighted by molar-refractivity contribution is -0.139. The lowest BCUT2D eigenvalue weighted by Crippen LogP contribution is -2.29. The Morgan fingerprint density at radius 2 is 1.59 bits per heavy atom. The van der Waals surface area contributed by atoms with Gasteiger partial charge in [-0.15, -0.1) is 0 Å². The predicted octanol–water partition coefficient (Wildman–Crippen LogP) is 4.90. The fourth-order valence-corrected chi connectivity index (χ4v) is 3.03. The Kier molecular flexibility index (Phi) is 6.01. The van der Waals surface area contributed by atoms with Crippen LogP contribution in [-0.4, -0.2) is 16.2 Å². The number of phenols is 1. The molecule has 1 atom stereocenters. The maximum atomic E-state index is 12.0. The summed E-state index contributed by atoms with van der Waals surface area (Å²) in [6, 6.07) is 12.5. The summed E-state index contributed by atoms with van der Waals surface area (Å²) >= 11 is 0. The topological polar surface area (TPSA) is 69.6 Å². The van der Waals surface area contributed by atoms with Crippen molar-refractivity contribution in [1.29, 1.82) is 0 Å². The molecule has 0 saturated heterocycles. The molecule has 0 aliphatic heterocycles. The number of hydrogen-bond donors (Lipinski definition) is 3. The molecule has 2 aromatic rings. The van der Waals surface area contributed by atoms with Crippen LogP contribution >= 0.6 is 0 Å². The molecule has 0 aliphatic rings. The summed E-state index contributed by atoms with van der Waals surface area (Å²) in [5.41, 5.74) is 2.71. The van der Waals surface area contributed by atoms with Gasteiger partial charge in [0.05, 0.1) is 0 Å². The molecule has 0 aromatic heterocycles. The fraction of sp³-hybridized carbons (Fsp3) is 0.435. The maximum absolute atomic E-state index is 12.0. The van der Waals surface area contributed by atoms with Gasteiger partial charge < -0.3 is 10.2 Å². The van der Waals surface area contributed by atoms with Crippen LogP contribution in [0.1, 0.15) is 69.8 Å². The molecule has 0 saturated carbocycles. The number of aromatic hydroxyl groups is 1. The van der Waals surface area contributed by atoms with E-state index in [4.69, 9.17) is 0 Å². The van der Waals surface area contributed by atoms with Crippen molar-refractivity contribution in [3.05, 3.63) is 64.7 Å². The van der Waals surface area contributed by atoms with Crippen molar-refractivity contribution >= 4 is 5.97 Å². The van der Waals surface area contributed by atoms with E-state index >= 15 is 0 Å². The van der Waals surface area contributed by atoms with E-state index in [0.717, 1.165) is 16.7 Å². The van der Waals surface area contributed by atoms with Gasteiger partial charge in [0.15, 0.2) is 0 Å². The van der Waals surface area contributed by atoms with E-state index in [0.29, 0.717) is 12.1 Å². The minimum Gasteiger partial charge on any atom is -0.507 e. The molecule has 27 heavy (non-hydrogen) atoms. The first-order valence-electron chi connectivity index (χ1n) is 9.29. The monoisotopic (exact) mass is 369 g/mol. The summed E-state index contributed by atoms with van der Waals surface area (Å²) < 4.78 is 0. The average Bonchev–Trinajstić information content (AvgIpc) is 2.54. The number of phenolic OH excluding ortho intramolecular Hbond substituents is 1. The number of hydrogen-bond acceptors (Lipinski definition) is 3. The number of carbonyl (C=O) groups is 1. The Morgan fingerprint density at radius 3 is 2.07 bits per heavy atom. The van der Waals surface area contributed by atoms with Crippen molar-refractivity contribution in [1.82, 2.24) is 5.32 Å². The molecule has 0 aliphatic carbocycles. The van der Waals surface area contributed by atoms with E-state index in [9.17, 15) is 15.0 Å². The van der Waals surface area contributed by atoms with Gasteiger partial charge in [-0.25, -0.2) is 0 Å². The first kappa shape index (κ1) is 21.0. The van der Waals surface area contributed by atoms with Gasteiger partial charge in [-0.05, 0) is 33.6 Å². The maximum Gasteiger partial charge on any atom is 0.325 e. The minimum atomic E-state index is -1.01. The van der Waals surface area contributed by atoms with E-state index in [-0.39, 0.29) is 16.6 Å². The zero-order chi connectivity index (χ0) is 20.4. The third-order valence-electron chi connectivity index (χ3n) is 4.72. The fourth-order valence-electron chi connectivity index (χ4n) is 3.03. The molecule has 0 fully saturated rings. The lowest BCUT2D eigenvalue weighted by atomic mass is 9.78. The normalized spacial score (nSPS) is 13.4. The second-order valence-electron chi connectivity index (χ2n) is 9.10. The Labute approximate surface area is 162 Å². The van der Waals surface area contributed by atoms with Crippen molar-refractivity contribution in [3.8, 4) is 5.75 Å². The molecule has 0 spiro atoms. The molecule has 2 aromatic carbocycles. The molecular formula is C23H31NO3. The largest absolute Gasteiger partial charge is 0.507 e. The zero-order valence-corrected chi connectivity index (χ0v) is 17.1. The predicted molar refractivity (Wildman–Crippen MR) is 109 cm³/mol. The van der Waals surface area contributed by atoms with Crippen LogP contribution in [-0.2, 0) is 22.2 Å². The third-order valence-corrected chi connectivity index (χ3v) is 4.72. The second kappa shape index (κ2) is 7.73. The Morgan fingerprint density at radius 1 is 1.00 bits per heavy atom. The van der Waals surface area contributed by atoms with Crippen LogP contribution in [0.5, 0.6) is 5.75 Å². The molecular weight excluding hydrogens is 338 g/mol. The molecule has 2 rings (SSSR count). The van der Waals surface area contributed by atoms with Crippen LogP contribution in [0.2, 0.25) is 0 Å². The lowest BCUT2D eigenvalue weighted by Gasteiger charge is -2.29. The number of rotatable bonds is 5. The number of aliphatic carboxylic acids is 1. The smallest absolute Gasteiger partial charge is 0.325 e. The van der Waals surface area contributed by atoms with Crippen molar-refractivity contribution < 1.29 is 15.0 Å². The Balaban J connectivity index is 2.52. The molecule has 4 nitrogen and oxygen atoms in total. The molecule has 146 valence electrons. The van der Waals surface area contributed by atoms with Crippen LogP contribution < -0.4 is 5.32 Å². The Bertz CT molecular complexity index is 799. The van der Waals surface area contributed by atoms with Crippen LogP contribution in [0, 0.1) is 0 Å². The first-order chi connectivity index (χ1) is 12.4. The highest BCUT2D eigenvalue weighted by Crippen LogP contribution is 2.40. The molecule has 0 heterocycles. The van der Waals surface area contributed by atoms with E-state index < -0.39 is 12.0 Å². The van der Waals surface area contributed by atoms with Gasteiger partial charge in [-0.3, -0.25) is 10.1 Å². The van der Waals surface area contributed by atoms with Crippen LogP contribution in [0.4, 0.5) is 0 Å². The number of benzene rings is 2. The minimum absolute atomic E-state index is 0.0588. The molecule has 0 amide bonds. The van der Waals surface area contributed by atoms with Gasteiger partial charge in [0, 0.05) is 12.1 Å². The average molecular weight is 370 g/mol. The van der Waals surface area contributed by atoms with Crippen LogP contribution in [0.15, 0.2) is 42.5 Å². The van der Waals surface area contributed by atoms with Crippen LogP contribution in [0.25, 0.3) is 0 Å². The molecule has 4 heteroatoms. The second-order valence-corrected chi connectivity index (χ2v) is 9.10. The van der Waals surface area contributed by atoms with Crippen molar-refractivity contribution in [3.63, 3.8) is 0 Å². The van der Waals surface area contributed by atoms with Crippen molar-refractivity contribution in [2.24, 2.45) is 0 Å². The SMILES string of the molecule is CC(C)(C)c1cc([C@H](NCc2ccccc2)C(=O)O)c(O)c(C(C)(C)C)c1. The van der Waals surface area contributed by atoms with E-state index in [1.165, 1.54) is 0 Å². The van der Waals surface area contributed by atoms with Gasteiger partial charge in [0.25, 0.3) is 0 Å². The quantitative estimate of drug-likeness (QED) is 0.701. The highest BCUT2D eigenvalue weighted by molar-refractivity contribution is 5.77. The highest BCUT2D eigenvalue weighted by atomic mass is 16.4.